The van der Waals surface area contributed by atoms with E-state index < -0.39 is 0 Å². The first-order chi connectivity index (χ1) is 27.8. The third-order valence-corrected chi connectivity index (χ3v) is 11.9. The summed E-state index contributed by atoms with van der Waals surface area (Å²) >= 11 is 1.84. The van der Waals surface area contributed by atoms with Gasteiger partial charge in [-0.15, -0.1) is 11.3 Å². The number of hydrogen-bond acceptors (Lipinski definition) is 4. The Kier molecular flexibility index (Phi) is 7.64. The second-order valence-corrected chi connectivity index (χ2v) is 15.1. The van der Waals surface area contributed by atoms with Gasteiger partial charge >= 0.3 is 0 Å². The molecule has 0 atom stereocenters. The van der Waals surface area contributed by atoms with Gasteiger partial charge in [-0.2, -0.15) is 0 Å². The summed E-state index contributed by atoms with van der Waals surface area (Å²) in [4.78, 5) is 14.1. The molecule has 0 amide bonds. The first kappa shape index (κ1) is 32.2. The first-order valence-corrected chi connectivity index (χ1v) is 19.6. The van der Waals surface area contributed by atoms with Crippen molar-refractivity contribution in [3.8, 4) is 61.7 Å². The highest BCUT2D eigenvalue weighted by atomic mass is 32.1. The van der Waals surface area contributed by atoms with E-state index in [9.17, 15) is 0 Å². The summed E-state index contributed by atoms with van der Waals surface area (Å²) in [5.74, 6) is 0. The molecule has 11 aromatic rings. The lowest BCUT2D eigenvalue weighted by atomic mass is 9.94. The van der Waals surface area contributed by atoms with Crippen molar-refractivity contribution >= 4 is 53.3 Å². The molecule has 5 heterocycles. The van der Waals surface area contributed by atoms with E-state index in [1.54, 1.807) is 0 Å². The summed E-state index contributed by atoms with van der Waals surface area (Å²) in [5.41, 5.74) is 14.3. The lowest BCUT2D eigenvalue weighted by Crippen LogP contribution is -1.94. The first-order valence-electron chi connectivity index (χ1n) is 18.7. The number of pyridine rings is 3. The fraction of sp³-hybridized carbons (Fsp3) is 0. The number of fused-ring (bicyclic) bond motifs is 6. The van der Waals surface area contributed by atoms with Gasteiger partial charge in [-0.3, -0.25) is 15.0 Å². The number of hydrogen-bond donors (Lipinski definition) is 0. The van der Waals surface area contributed by atoms with E-state index in [0.29, 0.717) is 0 Å². The van der Waals surface area contributed by atoms with Gasteiger partial charge in [-0.05, 0) is 113 Å². The Hall–Kier alpha value is -7.21. The maximum absolute atomic E-state index is 4.72. The van der Waals surface area contributed by atoms with Crippen LogP contribution in [0.3, 0.4) is 0 Å². The van der Waals surface area contributed by atoms with Crippen molar-refractivity contribution in [2.45, 2.75) is 0 Å². The van der Waals surface area contributed by atoms with Crippen molar-refractivity contribution in [1.82, 2.24) is 19.5 Å². The Morgan fingerprint density at radius 3 is 1.32 bits per heavy atom. The average Bonchev–Trinajstić information content (AvgIpc) is 3.81. The molecule has 0 spiro atoms. The Labute approximate surface area is 327 Å². The normalized spacial score (nSPS) is 11.6. The molecule has 5 heteroatoms. The van der Waals surface area contributed by atoms with Crippen LogP contribution in [0.4, 0.5) is 0 Å². The Morgan fingerprint density at radius 1 is 0.339 bits per heavy atom. The van der Waals surface area contributed by atoms with Crippen molar-refractivity contribution in [2.75, 3.05) is 0 Å². The summed E-state index contributed by atoms with van der Waals surface area (Å²) < 4.78 is 4.97. The standard InChI is InChI=1S/C51H32N4S/c1-3-13-39(46-16-6-9-27-53-46)37(11-1)33-18-22-48-41(29-33)42-30-34(38-12-2-4-14-40(38)47-17-7-10-28-54-47)19-23-49(42)55(48)36-21-25-51-44(32-36)43-31-35(20-24-50(43)56-51)45-15-5-8-26-52-45/h1-32H. The predicted octanol–water partition coefficient (Wildman–Crippen LogP) is 13.7. The van der Waals surface area contributed by atoms with Gasteiger partial charge in [0.25, 0.3) is 0 Å². The zero-order chi connectivity index (χ0) is 37.0. The highest BCUT2D eigenvalue weighted by molar-refractivity contribution is 7.25. The molecule has 5 aromatic heterocycles. The highest BCUT2D eigenvalue weighted by Gasteiger charge is 2.18. The van der Waals surface area contributed by atoms with Gasteiger partial charge < -0.3 is 4.57 Å². The van der Waals surface area contributed by atoms with E-state index in [1.165, 1.54) is 30.9 Å². The molecule has 0 fully saturated rings. The van der Waals surface area contributed by atoms with Crippen LogP contribution in [-0.2, 0) is 0 Å². The number of benzene rings is 6. The molecule has 0 aliphatic rings. The Morgan fingerprint density at radius 2 is 0.786 bits per heavy atom. The summed E-state index contributed by atoms with van der Waals surface area (Å²) in [5, 5.41) is 4.88. The van der Waals surface area contributed by atoms with Crippen molar-refractivity contribution in [2.24, 2.45) is 0 Å². The maximum atomic E-state index is 4.72. The van der Waals surface area contributed by atoms with Crippen molar-refractivity contribution in [1.29, 1.82) is 0 Å². The molecule has 262 valence electrons. The van der Waals surface area contributed by atoms with Crippen molar-refractivity contribution in [3.63, 3.8) is 0 Å². The molecule has 0 N–H and O–H groups in total. The summed E-state index contributed by atoms with van der Waals surface area (Å²) in [6.45, 7) is 0. The monoisotopic (exact) mass is 732 g/mol. The fourth-order valence-corrected chi connectivity index (χ4v) is 9.26. The number of thiophene rings is 1. The quantitative estimate of drug-likeness (QED) is 0.171. The van der Waals surface area contributed by atoms with Gasteiger partial charge in [0.15, 0.2) is 0 Å². The number of aromatic nitrogens is 4. The molecule has 6 aromatic carbocycles. The second kappa shape index (κ2) is 13.3. The van der Waals surface area contributed by atoms with E-state index in [2.05, 4.69) is 149 Å². The summed E-state index contributed by atoms with van der Waals surface area (Å²) in [7, 11) is 0. The van der Waals surface area contributed by atoms with Gasteiger partial charge in [-0.1, -0.05) is 84.9 Å². The Balaban J connectivity index is 1.15. The topological polar surface area (TPSA) is 43.6 Å². The minimum Gasteiger partial charge on any atom is -0.309 e. The van der Waals surface area contributed by atoms with E-state index in [-0.39, 0.29) is 0 Å². The van der Waals surface area contributed by atoms with E-state index in [0.717, 1.165) is 72.7 Å². The maximum Gasteiger partial charge on any atom is 0.0708 e. The zero-order valence-corrected chi connectivity index (χ0v) is 31.0. The molecule has 4 nitrogen and oxygen atoms in total. The summed E-state index contributed by atoms with van der Waals surface area (Å²) in [6, 6.07) is 62.9. The average molecular weight is 733 g/mol. The molecule has 0 radical (unpaired) electrons. The van der Waals surface area contributed by atoms with Crippen LogP contribution in [0.5, 0.6) is 0 Å². The minimum absolute atomic E-state index is 0.960. The zero-order valence-electron chi connectivity index (χ0n) is 30.2. The predicted molar refractivity (Wildman–Crippen MR) is 234 cm³/mol. The number of nitrogens with zero attached hydrogens (tertiary/aromatic N) is 4. The lowest BCUT2D eigenvalue weighted by Gasteiger charge is -2.11. The van der Waals surface area contributed by atoms with Gasteiger partial charge in [0.2, 0.25) is 0 Å². The Bertz CT molecular complexity index is 3100. The largest absolute Gasteiger partial charge is 0.309 e. The molecule has 0 unspecified atom stereocenters. The molecule has 56 heavy (non-hydrogen) atoms. The lowest BCUT2D eigenvalue weighted by molar-refractivity contribution is 1.19. The van der Waals surface area contributed by atoms with Gasteiger partial charge in [0.05, 0.1) is 28.1 Å². The van der Waals surface area contributed by atoms with Crippen LogP contribution in [0.15, 0.2) is 195 Å². The third-order valence-electron chi connectivity index (χ3n) is 10.8. The summed E-state index contributed by atoms with van der Waals surface area (Å²) in [6.07, 6.45) is 5.58. The molecule has 0 saturated heterocycles. The van der Waals surface area contributed by atoms with Crippen LogP contribution in [-0.4, -0.2) is 19.5 Å². The van der Waals surface area contributed by atoms with Crippen LogP contribution in [0.1, 0.15) is 0 Å². The smallest absolute Gasteiger partial charge is 0.0708 e. The van der Waals surface area contributed by atoms with E-state index >= 15 is 0 Å². The van der Waals surface area contributed by atoms with Crippen LogP contribution >= 0.6 is 11.3 Å². The van der Waals surface area contributed by atoms with E-state index in [4.69, 9.17) is 9.97 Å². The second-order valence-electron chi connectivity index (χ2n) is 14.0. The van der Waals surface area contributed by atoms with Crippen LogP contribution in [0.25, 0.3) is 104 Å². The van der Waals surface area contributed by atoms with Crippen LogP contribution < -0.4 is 0 Å². The minimum atomic E-state index is 0.960. The van der Waals surface area contributed by atoms with E-state index in [1.807, 2.05) is 66.3 Å². The van der Waals surface area contributed by atoms with Crippen LogP contribution in [0.2, 0.25) is 0 Å². The van der Waals surface area contributed by atoms with Gasteiger partial charge in [-0.25, -0.2) is 0 Å². The molecule has 0 saturated carbocycles. The third kappa shape index (κ3) is 5.40. The van der Waals surface area contributed by atoms with Gasteiger partial charge in [0, 0.05) is 71.9 Å². The van der Waals surface area contributed by atoms with Crippen LogP contribution in [0, 0.1) is 0 Å². The SMILES string of the molecule is c1ccc(-c2ccc3sc4ccc(-n5c6ccc(-c7ccccc7-c7ccccn7)cc6c6cc(-c7ccccc7-c7ccccn7)ccc65)cc4c3c2)nc1. The van der Waals surface area contributed by atoms with Crippen molar-refractivity contribution < 1.29 is 0 Å². The molecule has 0 aliphatic carbocycles. The van der Waals surface area contributed by atoms with Gasteiger partial charge in [0.1, 0.15) is 0 Å². The molecule has 0 aliphatic heterocycles. The molecule has 11 rings (SSSR count). The fourth-order valence-electron chi connectivity index (χ4n) is 8.19. The highest BCUT2D eigenvalue weighted by Crippen LogP contribution is 2.42. The molecule has 0 bridgehead atoms. The molecular weight excluding hydrogens is 701 g/mol. The number of rotatable bonds is 6. The molecular formula is C51H32N4S. The van der Waals surface area contributed by atoms with Crippen molar-refractivity contribution in [3.05, 3.63) is 195 Å².